The van der Waals surface area contributed by atoms with Gasteiger partial charge in [-0.3, -0.25) is 4.79 Å². The van der Waals surface area contributed by atoms with Gasteiger partial charge in [-0.1, -0.05) is 0 Å². The molecule has 0 N–H and O–H groups in total. The first kappa shape index (κ1) is 21.3. The Morgan fingerprint density at radius 2 is 1.82 bits per heavy atom. The Kier molecular flexibility index (Phi) is 5.29. The zero-order valence-corrected chi connectivity index (χ0v) is 18.1. The third kappa shape index (κ3) is 3.88. The number of fused-ring (bicyclic) bond motifs is 1. The minimum Gasteiger partial charge on any atom is -0.496 e. The summed E-state index contributed by atoms with van der Waals surface area (Å²) >= 11 is 0. The minimum absolute atomic E-state index is 0.0589. The molecule has 0 unspecified atom stereocenters. The lowest BCUT2D eigenvalue weighted by Gasteiger charge is -2.13. The van der Waals surface area contributed by atoms with Crippen molar-refractivity contribution in [3.05, 3.63) is 94.6 Å². The lowest BCUT2D eigenvalue weighted by Crippen LogP contribution is -2.10. The molecular weight excluding hydrogens is 444 g/mol. The van der Waals surface area contributed by atoms with Crippen molar-refractivity contribution in [1.29, 1.82) is 0 Å². The number of aryl methyl sites for hydroxylation is 1. The van der Waals surface area contributed by atoms with E-state index in [-0.39, 0.29) is 17.1 Å². The highest BCUT2D eigenvalue weighted by molar-refractivity contribution is 5.85. The number of halogens is 2. The van der Waals surface area contributed by atoms with Gasteiger partial charge >= 0.3 is 0 Å². The van der Waals surface area contributed by atoms with Gasteiger partial charge in [-0.2, -0.15) is 0 Å². The van der Waals surface area contributed by atoms with Gasteiger partial charge in [-0.15, -0.1) is 5.10 Å². The molecule has 0 saturated heterocycles. The Balaban J connectivity index is 1.62. The normalized spacial score (nSPS) is 11.1. The van der Waals surface area contributed by atoms with E-state index >= 15 is 0 Å². The average Bonchev–Trinajstić information content (AvgIpc) is 3.27. The van der Waals surface area contributed by atoms with Crippen molar-refractivity contribution in [2.24, 2.45) is 0 Å². The van der Waals surface area contributed by atoms with Crippen LogP contribution in [0.5, 0.6) is 17.4 Å². The van der Waals surface area contributed by atoms with Gasteiger partial charge in [0.05, 0.1) is 24.4 Å². The van der Waals surface area contributed by atoms with Crippen molar-refractivity contribution in [1.82, 2.24) is 14.6 Å². The third-order valence-electron chi connectivity index (χ3n) is 5.15. The molecule has 5 aromatic rings. The largest absolute Gasteiger partial charge is 0.496 e. The summed E-state index contributed by atoms with van der Waals surface area (Å²) in [6, 6.07) is 12.7. The van der Waals surface area contributed by atoms with E-state index in [1.165, 1.54) is 36.0 Å². The Labute approximate surface area is 191 Å². The maximum absolute atomic E-state index is 14.0. The van der Waals surface area contributed by atoms with E-state index in [9.17, 15) is 13.6 Å². The molecule has 0 radical (unpaired) electrons. The van der Waals surface area contributed by atoms with Crippen molar-refractivity contribution in [3.8, 4) is 40.0 Å². The first-order valence-corrected chi connectivity index (χ1v) is 10.2. The fourth-order valence-electron chi connectivity index (χ4n) is 3.60. The molecule has 0 aliphatic heterocycles. The first-order valence-electron chi connectivity index (χ1n) is 10.2. The summed E-state index contributed by atoms with van der Waals surface area (Å²) in [5, 5.41) is 4.32. The summed E-state index contributed by atoms with van der Waals surface area (Å²) in [5.41, 5.74) is 1.76. The molecule has 0 aliphatic carbocycles. The molecule has 170 valence electrons. The van der Waals surface area contributed by atoms with Gasteiger partial charge < -0.3 is 13.9 Å². The second-order valence-corrected chi connectivity index (χ2v) is 7.42. The van der Waals surface area contributed by atoms with Gasteiger partial charge in [0.1, 0.15) is 17.3 Å². The highest BCUT2D eigenvalue weighted by atomic mass is 19.1. The van der Waals surface area contributed by atoms with E-state index < -0.39 is 11.6 Å². The molecule has 2 aromatic carbocycles. The topological polar surface area (TPSA) is 78.9 Å². The molecule has 0 fully saturated rings. The molecule has 7 nitrogen and oxygen atoms in total. The van der Waals surface area contributed by atoms with E-state index in [0.29, 0.717) is 39.6 Å². The molecule has 9 heteroatoms. The standard InChI is InChI=1S/C25H17F2N3O4/c1-14-13-28-25(33-14)15-3-6-21(32-2)17(11-15)24-19-5-8-23(29-30(19)10-9-20(24)31)34-22-7-4-16(26)12-18(22)27/h3-13H,1-2H3. The van der Waals surface area contributed by atoms with Gasteiger partial charge in [-0.25, -0.2) is 18.3 Å². The number of hydrogen-bond donors (Lipinski definition) is 0. The van der Waals surface area contributed by atoms with Gasteiger partial charge in [0.15, 0.2) is 17.0 Å². The molecule has 0 atom stereocenters. The van der Waals surface area contributed by atoms with Gasteiger partial charge in [0.25, 0.3) is 0 Å². The van der Waals surface area contributed by atoms with Crippen LogP contribution in [0.15, 0.2) is 76.2 Å². The number of benzene rings is 2. The SMILES string of the molecule is COc1ccc(-c2ncc(C)o2)cc1-c1c(=O)ccn2nc(Oc3ccc(F)cc3F)ccc12. The molecule has 3 heterocycles. The van der Waals surface area contributed by atoms with Crippen LogP contribution in [0.4, 0.5) is 8.78 Å². The Bertz CT molecular complexity index is 1590. The van der Waals surface area contributed by atoms with E-state index in [4.69, 9.17) is 13.9 Å². The Morgan fingerprint density at radius 3 is 2.56 bits per heavy atom. The molecular formula is C25H17F2N3O4. The molecule has 0 spiro atoms. The number of ether oxygens (including phenoxy) is 2. The molecule has 0 bridgehead atoms. The lowest BCUT2D eigenvalue weighted by molar-refractivity contribution is 0.416. The van der Waals surface area contributed by atoms with E-state index in [1.807, 2.05) is 0 Å². The predicted octanol–water partition coefficient (Wildman–Crippen LogP) is 5.40. The van der Waals surface area contributed by atoms with Crippen LogP contribution >= 0.6 is 0 Å². The molecule has 34 heavy (non-hydrogen) atoms. The van der Waals surface area contributed by atoms with Gasteiger partial charge in [0, 0.05) is 35.5 Å². The Morgan fingerprint density at radius 1 is 1.00 bits per heavy atom. The highest BCUT2D eigenvalue weighted by Crippen LogP contribution is 2.35. The molecule has 3 aromatic heterocycles. The fourth-order valence-corrected chi connectivity index (χ4v) is 3.60. The highest BCUT2D eigenvalue weighted by Gasteiger charge is 2.17. The summed E-state index contributed by atoms with van der Waals surface area (Å²) < 4.78 is 45.2. The van der Waals surface area contributed by atoms with Crippen LogP contribution in [0, 0.1) is 18.6 Å². The van der Waals surface area contributed by atoms with E-state index in [0.717, 1.165) is 12.1 Å². The van der Waals surface area contributed by atoms with Crippen molar-refractivity contribution in [3.63, 3.8) is 0 Å². The summed E-state index contributed by atoms with van der Waals surface area (Å²) in [6.07, 6.45) is 3.09. The Hall–Kier alpha value is -4.53. The zero-order chi connectivity index (χ0) is 23.8. The number of methoxy groups -OCH3 is 1. The molecule has 0 saturated carbocycles. The number of hydrogen-bond acceptors (Lipinski definition) is 6. The van der Waals surface area contributed by atoms with Crippen LogP contribution in [-0.4, -0.2) is 21.7 Å². The van der Waals surface area contributed by atoms with Gasteiger partial charge in [0.2, 0.25) is 11.8 Å². The second kappa shape index (κ2) is 8.43. The molecule has 0 amide bonds. The molecule has 0 aliphatic rings. The summed E-state index contributed by atoms with van der Waals surface area (Å²) in [4.78, 5) is 17.2. The van der Waals surface area contributed by atoms with Crippen molar-refractivity contribution in [2.75, 3.05) is 7.11 Å². The minimum atomic E-state index is -0.856. The zero-order valence-electron chi connectivity index (χ0n) is 18.1. The maximum Gasteiger partial charge on any atom is 0.237 e. The van der Waals surface area contributed by atoms with Crippen molar-refractivity contribution in [2.45, 2.75) is 6.92 Å². The van der Waals surface area contributed by atoms with Crippen molar-refractivity contribution >= 4 is 5.52 Å². The quantitative estimate of drug-likeness (QED) is 0.349. The monoisotopic (exact) mass is 461 g/mol. The number of rotatable bonds is 5. The van der Waals surface area contributed by atoms with Crippen LogP contribution in [0.2, 0.25) is 0 Å². The third-order valence-corrected chi connectivity index (χ3v) is 5.15. The van der Waals surface area contributed by atoms with Crippen LogP contribution in [0.3, 0.4) is 0 Å². The summed E-state index contributed by atoms with van der Waals surface area (Å²) in [6.45, 7) is 1.79. The predicted molar refractivity (Wildman–Crippen MR) is 120 cm³/mol. The molecule has 5 rings (SSSR count). The van der Waals surface area contributed by atoms with Crippen LogP contribution in [0.1, 0.15) is 5.76 Å². The second-order valence-electron chi connectivity index (χ2n) is 7.42. The van der Waals surface area contributed by atoms with Crippen molar-refractivity contribution < 1.29 is 22.7 Å². The summed E-state index contributed by atoms with van der Waals surface area (Å²) in [5.74, 6) is -0.135. The van der Waals surface area contributed by atoms with E-state index in [2.05, 4.69) is 10.1 Å². The van der Waals surface area contributed by atoms with Crippen LogP contribution in [-0.2, 0) is 0 Å². The average molecular weight is 461 g/mol. The lowest BCUT2D eigenvalue weighted by atomic mass is 10.0. The number of aromatic nitrogens is 3. The number of oxazole rings is 1. The van der Waals surface area contributed by atoms with Crippen LogP contribution in [0.25, 0.3) is 28.1 Å². The smallest absolute Gasteiger partial charge is 0.237 e. The summed E-state index contributed by atoms with van der Waals surface area (Å²) in [7, 11) is 1.51. The maximum atomic E-state index is 14.0. The number of nitrogens with zero attached hydrogens (tertiary/aromatic N) is 3. The van der Waals surface area contributed by atoms with Crippen LogP contribution < -0.4 is 14.9 Å². The fraction of sp³-hybridized carbons (Fsp3) is 0.0800. The van der Waals surface area contributed by atoms with E-state index in [1.54, 1.807) is 37.4 Å². The van der Waals surface area contributed by atoms with Gasteiger partial charge in [-0.05, 0) is 43.3 Å². The first-order chi connectivity index (χ1) is 16.4. The number of pyridine rings is 1.